The average Bonchev–Trinajstić information content (AvgIpc) is 3.29. The van der Waals surface area contributed by atoms with Crippen LogP contribution in [-0.2, 0) is 4.79 Å². The van der Waals surface area contributed by atoms with Crippen LogP contribution in [0.3, 0.4) is 0 Å². The van der Waals surface area contributed by atoms with Crippen LogP contribution in [0, 0.1) is 5.92 Å². The summed E-state index contributed by atoms with van der Waals surface area (Å²) in [6.07, 6.45) is 7.54. The van der Waals surface area contributed by atoms with Crippen molar-refractivity contribution in [3.05, 3.63) is 67.1 Å². The van der Waals surface area contributed by atoms with Crippen LogP contribution >= 0.6 is 0 Å². The Labute approximate surface area is 164 Å². The standard InChI is InChI=1S/C22H24N4O2/c1-28-20-7-4-18(5-8-20)24-22(27)17-10-14-26(15-11-17)21-9-6-19(16-23-21)25-12-2-3-13-25/h2-9,12-13,16-17H,10-11,14-15H2,1H3,(H,24,27). The topological polar surface area (TPSA) is 59.4 Å². The van der Waals surface area contributed by atoms with Gasteiger partial charge in [0.2, 0.25) is 5.91 Å². The number of hydrogen-bond donors (Lipinski definition) is 1. The number of carbonyl (C=O) groups excluding carboxylic acids is 1. The van der Waals surface area contributed by atoms with Crippen LogP contribution in [0.25, 0.3) is 5.69 Å². The van der Waals surface area contributed by atoms with Crippen molar-refractivity contribution in [3.63, 3.8) is 0 Å². The highest BCUT2D eigenvalue weighted by Gasteiger charge is 2.25. The van der Waals surface area contributed by atoms with Gasteiger partial charge in [-0.05, 0) is 61.4 Å². The third-order valence-electron chi connectivity index (χ3n) is 5.18. The molecular formula is C22H24N4O2. The van der Waals surface area contributed by atoms with Gasteiger partial charge in [0.15, 0.2) is 0 Å². The fourth-order valence-electron chi connectivity index (χ4n) is 3.51. The lowest BCUT2D eigenvalue weighted by Gasteiger charge is -2.32. The molecule has 0 aliphatic carbocycles. The number of nitrogens with zero attached hydrogens (tertiary/aromatic N) is 3. The van der Waals surface area contributed by atoms with E-state index in [0.29, 0.717) is 0 Å². The van der Waals surface area contributed by atoms with Crippen LogP contribution in [0.5, 0.6) is 5.75 Å². The second-order valence-electron chi connectivity index (χ2n) is 6.94. The van der Waals surface area contributed by atoms with Gasteiger partial charge in [0.1, 0.15) is 11.6 Å². The first-order chi connectivity index (χ1) is 13.7. The fraction of sp³-hybridized carbons (Fsp3) is 0.273. The number of aromatic nitrogens is 2. The number of anilines is 2. The molecule has 144 valence electrons. The van der Waals surface area contributed by atoms with Crippen molar-refractivity contribution in [3.8, 4) is 11.4 Å². The summed E-state index contributed by atoms with van der Waals surface area (Å²) in [4.78, 5) is 19.4. The molecule has 6 nitrogen and oxygen atoms in total. The van der Waals surface area contributed by atoms with Gasteiger partial charge < -0.3 is 19.5 Å². The molecule has 1 aromatic carbocycles. The predicted molar refractivity (Wildman–Crippen MR) is 110 cm³/mol. The normalized spacial score (nSPS) is 14.7. The zero-order valence-electron chi connectivity index (χ0n) is 15.9. The van der Waals surface area contributed by atoms with E-state index in [4.69, 9.17) is 4.74 Å². The second-order valence-corrected chi connectivity index (χ2v) is 6.94. The lowest BCUT2D eigenvalue weighted by Crippen LogP contribution is -2.38. The van der Waals surface area contributed by atoms with Gasteiger partial charge in [0.25, 0.3) is 0 Å². The molecule has 1 saturated heterocycles. The van der Waals surface area contributed by atoms with E-state index in [1.54, 1.807) is 7.11 Å². The number of amides is 1. The van der Waals surface area contributed by atoms with Crippen LogP contribution in [-0.4, -0.2) is 35.7 Å². The molecule has 2 aromatic heterocycles. The maximum Gasteiger partial charge on any atom is 0.227 e. The fourth-order valence-corrected chi connectivity index (χ4v) is 3.51. The zero-order valence-corrected chi connectivity index (χ0v) is 15.9. The number of nitrogens with one attached hydrogen (secondary N) is 1. The van der Waals surface area contributed by atoms with E-state index in [2.05, 4.69) is 21.3 Å². The molecule has 0 radical (unpaired) electrons. The lowest BCUT2D eigenvalue weighted by molar-refractivity contribution is -0.120. The predicted octanol–water partition coefficient (Wildman–Crippen LogP) is 3.74. The third-order valence-corrected chi connectivity index (χ3v) is 5.18. The highest BCUT2D eigenvalue weighted by atomic mass is 16.5. The van der Waals surface area contributed by atoms with Crippen molar-refractivity contribution in [2.45, 2.75) is 12.8 Å². The first-order valence-corrected chi connectivity index (χ1v) is 9.52. The monoisotopic (exact) mass is 376 g/mol. The summed E-state index contributed by atoms with van der Waals surface area (Å²) in [5.74, 6) is 1.85. The summed E-state index contributed by atoms with van der Waals surface area (Å²) in [6.45, 7) is 1.66. The number of carbonyl (C=O) groups is 1. The summed E-state index contributed by atoms with van der Waals surface area (Å²) in [6, 6.07) is 15.5. The van der Waals surface area contributed by atoms with E-state index in [1.165, 1.54) is 0 Å². The number of benzene rings is 1. The molecule has 4 rings (SSSR count). The van der Waals surface area contributed by atoms with Crippen molar-refractivity contribution in [1.82, 2.24) is 9.55 Å². The second kappa shape index (κ2) is 8.17. The molecule has 1 aliphatic heterocycles. The molecule has 1 amide bonds. The van der Waals surface area contributed by atoms with Crippen LogP contribution in [0.15, 0.2) is 67.1 Å². The molecular weight excluding hydrogens is 352 g/mol. The number of ether oxygens (including phenoxy) is 1. The molecule has 0 unspecified atom stereocenters. The molecule has 1 aliphatic rings. The van der Waals surface area contributed by atoms with E-state index in [-0.39, 0.29) is 11.8 Å². The molecule has 0 saturated carbocycles. The van der Waals surface area contributed by atoms with Gasteiger partial charge in [-0.3, -0.25) is 4.79 Å². The molecule has 1 N–H and O–H groups in total. The summed E-state index contributed by atoms with van der Waals surface area (Å²) in [5.41, 5.74) is 1.85. The van der Waals surface area contributed by atoms with E-state index in [9.17, 15) is 4.79 Å². The first-order valence-electron chi connectivity index (χ1n) is 9.52. The minimum atomic E-state index is 0.0255. The number of piperidine rings is 1. The highest BCUT2D eigenvalue weighted by Crippen LogP contribution is 2.24. The van der Waals surface area contributed by atoms with Gasteiger partial charge in [-0.1, -0.05) is 0 Å². The van der Waals surface area contributed by atoms with Crippen molar-refractivity contribution in [2.75, 3.05) is 30.4 Å². The van der Waals surface area contributed by atoms with E-state index in [0.717, 1.165) is 48.9 Å². The largest absolute Gasteiger partial charge is 0.497 e. The van der Waals surface area contributed by atoms with Gasteiger partial charge in [0.05, 0.1) is 19.0 Å². The number of rotatable bonds is 5. The van der Waals surface area contributed by atoms with Gasteiger partial charge in [-0.25, -0.2) is 4.98 Å². The molecule has 3 heterocycles. The Bertz CT molecular complexity index is 897. The maximum absolute atomic E-state index is 12.6. The molecule has 0 atom stereocenters. The van der Waals surface area contributed by atoms with Gasteiger partial charge in [-0.15, -0.1) is 0 Å². The Hall–Kier alpha value is -3.28. The molecule has 0 spiro atoms. The Morgan fingerprint density at radius 2 is 1.79 bits per heavy atom. The Morgan fingerprint density at radius 3 is 2.39 bits per heavy atom. The third kappa shape index (κ3) is 4.01. The molecule has 6 heteroatoms. The smallest absolute Gasteiger partial charge is 0.227 e. The summed E-state index contributed by atoms with van der Waals surface area (Å²) in [7, 11) is 1.63. The Balaban J connectivity index is 1.31. The van der Waals surface area contributed by atoms with E-state index in [1.807, 2.05) is 65.6 Å². The zero-order chi connectivity index (χ0) is 19.3. The van der Waals surface area contributed by atoms with Crippen molar-refractivity contribution >= 4 is 17.4 Å². The van der Waals surface area contributed by atoms with Crippen LogP contribution in [0.1, 0.15) is 12.8 Å². The highest BCUT2D eigenvalue weighted by molar-refractivity contribution is 5.92. The molecule has 3 aromatic rings. The molecule has 1 fully saturated rings. The van der Waals surface area contributed by atoms with E-state index < -0.39 is 0 Å². The van der Waals surface area contributed by atoms with Crippen LogP contribution in [0.4, 0.5) is 11.5 Å². The first kappa shape index (κ1) is 18.1. The number of hydrogen-bond acceptors (Lipinski definition) is 4. The SMILES string of the molecule is COc1ccc(NC(=O)C2CCN(c3ccc(-n4cccc4)cn3)CC2)cc1. The van der Waals surface area contributed by atoms with Crippen LogP contribution < -0.4 is 15.0 Å². The molecule has 28 heavy (non-hydrogen) atoms. The van der Waals surface area contributed by atoms with Crippen molar-refractivity contribution in [2.24, 2.45) is 5.92 Å². The Morgan fingerprint density at radius 1 is 1.07 bits per heavy atom. The van der Waals surface area contributed by atoms with E-state index >= 15 is 0 Å². The number of pyridine rings is 1. The quantitative estimate of drug-likeness (QED) is 0.737. The van der Waals surface area contributed by atoms with Gasteiger partial charge in [0, 0.05) is 37.1 Å². The van der Waals surface area contributed by atoms with Gasteiger partial charge in [-0.2, -0.15) is 0 Å². The summed E-state index contributed by atoms with van der Waals surface area (Å²) >= 11 is 0. The summed E-state index contributed by atoms with van der Waals surface area (Å²) < 4.78 is 7.18. The summed E-state index contributed by atoms with van der Waals surface area (Å²) in [5, 5.41) is 3.01. The minimum Gasteiger partial charge on any atom is -0.497 e. The molecule has 0 bridgehead atoms. The minimum absolute atomic E-state index is 0.0255. The van der Waals surface area contributed by atoms with Crippen molar-refractivity contribution < 1.29 is 9.53 Å². The van der Waals surface area contributed by atoms with Crippen LogP contribution in [0.2, 0.25) is 0 Å². The maximum atomic E-state index is 12.6. The van der Waals surface area contributed by atoms with Crippen molar-refractivity contribution in [1.29, 1.82) is 0 Å². The van der Waals surface area contributed by atoms with Gasteiger partial charge >= 0.3 is 0 Å². The Kier molecular flexibility index (Phi) is 5.28. The lowest BCUT2D eigenvalue weighted by atomic mass is 9.95. The number of methoxy groups -OCH3 is 1. The average molecular weight is 376 g/mol.